The molecule has 1 aliphatic heterocycles. The van der Waals surface area contributed by atoms with Crippen LogP contribution in [0.1, 0.15) is 11.5 Å². The number of aliphatic carboxylic acids is 1. The standard InChI is InChI=1S/C16H16N2O4S/c19-16(20)15-11-18(10-14(15)12-5-2-1-3-6-12)23(21,22)13-7-4-8-17-9-13/h1-9,14-15H,10-11H2,(H,19,20)/t14-,15+/m0/s1. The van der Waals surface area contributed by atoms with Crippen LogP contribution >= 0.6 is 0 Å². The summed E-state index contributed by atoms with van der Waals surface area (Å²) in [7, 11) is -3.74. The van der Waals surface area contributed by atoms with Gasteiger partial charge in [-0.1, -0.05) is 30.3 Å². The monoisotopic (exact) mass is 332 g/mol. The van der Waals surface area contributed by atoms with Gasteiger partial charge in [0.1, 0.15) is 4.90 Å². The van der Waals surface area contributed by atoms with Crippen LogP contribution < -0.4 is 0 Å². The van der Waals surface area contributed by atoms with Crippen molar-refractivity contribution in [2.45, 2.75) is 10.8 Å². The second-order valence-electron chi connectivity index (χ2n) is 5.47. The Hall–Kier alpha value is -2.25. The number of hydrogen-bond donors (Lipinski definition) is 1. The van der Waals surface area contributed by atoms with Gasteiger partial charge in [0.2, 0.25) is 10.0 Å². The van der Waals surface area contributed by atoms with E-state index in [-0.39, 0.29) is 23.9 Å². The Balaban J connectivity index is 1.93. The number of carboxylic acids is 1. The number of hydrogen-bond acceptors (Lipinski definition) is 4. The number of aromatic nitrogens is 1. The van der Waals surface area contributed by atoms with E-state index in [0.29, 0.717) is 0 Å². The lowest BCUT2D eigenvalue weighted by atomic mass is 9.89. The topological polar surface area (TPSA) is 87.6 Å². The highest BCUT2D eigenvalue weighted by molar-refractivity contribution is 7.89. The van der Waals surface area contributed by atoms with Crippen molar-refractivity contribution in [1.82, 2.24) is 9.29 Å². The van der Waals surface area contributed by atoms with Crippen LogP contribution in [0.5, 0.6) is 0 Å². The minimum absolute atomic E-state index is 0.0356. The van der Waals surface area contributed by atoms with Gasteiger partial charge in [-0.2, -0.15) is 4.31 Å². The van der Waals surface area contributed by atoms with Crippen molar-refractivity contribution in [1.29, 1.82) is 0 Å². The molecule has 2 aromatic rings. The molecule has 0 aliphatic carbocycles. The molecule has 1 fully saturated rings. The van der Waals surface area contributed by atoms with Gasteiger partial charge >= 0.3 is 5.97 Å². The summed E-state index contributed by atoms with van der Waals surface area (Å²) in [4.78, 5) is 15.5. The van der Waals surface area contributed by atoms with E-state index in [1.807, 2.05) is 30.3 Å². The molecule has 0 unspecified atom stereocenters. The summed E-state index contributed by atoms with van der Waals surface area (Å²) in [5, 5.41) is 9.47. The third kappa shape index (κ3) is 2.97. The molecule has 1 N–H and O–H groups in total. The van der Waals surface area contributed by atoms with Gasteiger partial charge in [0.15, 0.2) is 0 Å². The van der Waals surface area contributed by atoms with Crippen LogP contribution in [0.4, 0.5) is 0 Å². The molecule has 2 atom stereocenters. The lowest BCUT2D eigenvalue weighted by Crippen LogP contribution is -2.30. The fourth-order valence-corrected chi connectivity index (χ4v) is 4.36. The zero-order valence-corrected chi connectivity index (χ0v) is 13.1. The predicted octanol–water partition coefficient (Wildman–Crippen LogP) is 1.57. The first kappa shape index (κ1) is 15.6. The molecule has 0 spiro atoms. The van der Waals surface area contributed by atoms with E-state index in [2.05, 4.69) is 4.98 Å². The van der Waals surface area contributed by atoms with Gasteiger partial charge in [-0.3, -0.25) is 9.78 Å². The van der Waals surface area contributed by atoms with Gasteiger partial charge in [-0.05, 0) is 17.7 Å². The van der Waals surface area contributed by atoms with Crippen molar-refractivity contribution < 1.29 is 18.3 Å². The fraction of sp³-hybridized carbons (Fsp3) is 0.250. The van der Waals surface area contributed by atoms with Gasteiger partial charge in [-0.15, -0.1) is 0 Å². The Morgan fingerprint density at radius 3 is 2.48 bits per heavy atom. The Kier molecular flexibility index (Phi) is 4.14. The SMILES string of the molecule is O=C(O)[C@@H]1CN(S(=O)(=O)c2cccnc2)C[C@H]1c1ccccc1. The highest BCUT2D eigenvalue weighted by Crippen LogP contribution is 2.35. The molecule has 1 aliphatic rings. The van der Waals surface area contributed by atoms with E-state index in [0.717, 1.165) is 5.56 Å². The molecule has 0 radical (unpaired) electrons. The highest BCUT2D eigenvalue weighted by atomic mass is 32.2. The zero-order valence-electron chi connectivity index (χ0n) is 12.2. The molecule has 3 rings (SSSR count). The normalized spacial score (nSPS) is 22.1. The Labute approximate surface area is 134 Å². The largest absolute Gasteiger partial charge is 0.481 e. The van der Waals surface area contributed by atoms with Crippen LogP contribution in [0, 0.1) is 5.92 Å². The summed E-state index contributed by atoms with van der Waals surface area (Å²) < 4.78 is 26.6. The Bertz CT molecular complexity index is 793. The average Bonchev–Trinajstić information content (AvgIpc) is 3.03. The maximum Gasteiger partial charge on any atom is 0.308 e. The summed E-state index contributed by atoms with van der Waals surface area (Å²) in [6.45, 7) is 0.115. The summed E-state index contributed by atoms with van der Waals surface area (Å²) in [6, 6.07) is 12.2. The van der Waals surface area contributed by atoms with Crippen LogP contribution in [-0.4, -0.2) is 41.9 Å². The predicted molar refractivity (Wildman–Crippen MR) is 83.3 cm³/mol. The van der Waals surface area contributed by atoms with Crippen molar-refractivity contribution in [3.63, 3.8) is 0 Å². The van der Waals surface area contributed by atoms with Gasteiger partial charge in [0.25, 0.3) is 0 Å². The quantitative estimate of drug-likeness (QED) is 0.918. The molecule has 2 heterocycles. The van der Waals surface area contributed by atoms with Gasteiger partial charge in [-0.25, -0.2) is 8.42 Å². The van der Waals surface area contributed by atoms with Crippen molar-refractivity contribution in [2.24, 2.45) is 5.92 Å². The summed E-state index contributed by atoms with van der Waals surface area (Å²) >= 11 is 0. The molecule has 7 heteroatoms. The molecule has 1 aromatic heterocycles. The first-order valence-electron chi connectivity index (χ1n) is 7.18. The number of nitrogens with zero attached hydrogens (tertiary/aromatic N) is 2. The highest BCUT2D eigenvalue weighted by Gasteiger charge is 2.43. The maximum atomic E-state index is 12.7. The molecule has 1 saturated heterocycles. The number of benzene rings is 1. The molecule has 0 amide bonds. The first-order chi connectivity index (χ1) is 11.0. The second kappa shape index (κ2) is 6.10. The molecular formula is C16H16N2O4S. The van der Waals surface area contributed by atoms with E-state index < -0.39 is 21.9 Å². The summed E-state index contributed by atoms with van der Waals surface area (Å²) in [6.07, 6.45) is 2.77. The number of carbonyl (C=O) groups is 1. The smallest absolute Gasteiger partial charge is 0.308 e. The van der Waals surface area contributed by atoms with Crippen molar-refractivity contribution in [3.05, 3.63) is 60.4 Å². The van der Waals surface area contributed by atoms with Crippen molar-refractivity contribution in [2.75, 3.05) is 13.1 Å². The maximum absolute atomic E-state index is 12.7. The number of rotatable bonds is 4. The second-order valence-corrected chi connectivity index (χ2v) is 7.41. The van der Waals surface area contributed by atoms with E-state index in [9.17, 15) is 18.3 Å². The van der Waals surface area contributed by atoms with Crippen LogP contribution in [0.15, 0.2) is 59.8 Å². The zero-order chi connectivity index (χ0) is 16.4. The van der Waals surface area contributed by atoms with E-state index in [1.165, 1.54) is 22.8 Å². The van der Waals surface area contributed by atoms with E-state index in [4.69, 9.17) is 0 Å². The molecule has 0 bridgehead atoms. The van der Waals surface area contributed by atoms with Gasteiger partial charge in [0.05, 0.1) is 5.92 Å². The molecule has 120 valence electrons. The van der Waals surface area contributed by atoms with Crippen LogP contribution in [0.25, 0.3) is 0 Å². The molecule has 23 heavy (non-hydrogen) atoms. The number of sulfonamides is 1. The Morgan fingerprint density at radius 1 is 1.13 bits per heavy atom. The van der Waals surface area contributed by atoms with Crippen LogP contribution in [0.2, 0.25) is 0 Å². The third-order valence-corrected chi connectivity index (χ3v) is 5.92. The van der Waals surface area contributed by atoms with E-state index >= 15 is 0 Å². The lowest BCUT2D eigenvalue weighted by Gasteiger charge is -2.16. The van der Waals surface area contributed by atoms with Crippen LogP contribution in [-0.2, 0) is 14.8 Å². The first-order valence-corrected chi connectivity index (χ1v) is 8.62. The molecule has 1 aromatic carbocycles. The van der Waals surface area contributed by atoms with Gasteiger partial charge < -0.3 is 5.11 Å². The number of pyridine rings is 1. The lowest BCUT2D eigenvalue weighted by molar-refractivity contribution is -0.141. The summed E-state index contributed by atoms with van der Waals surface area (Å²) in [5.74, 6) is -2.10. The molecular weight excluding hydrogens is 316 g/mol. The molecule has 6 nitrogen and oxygen atoms in total. The minimum atomic E-state index is -3.74. The Morgan fingerprint density at radius 2 is 1.87 bits per heavy atom. The van der Waals surface area contributed by atoms with E-state index in [1.54, 1.807) is 6.07 Å². The average molecular weight is 332 g/mol. The summed E-state index contributed by atoms with van der Waals surface area (Å²) in [5.41, 5.74) is 0.837. The van der Waals surface area contributed by atoms with Crippen LogP contribution in [0.3, 0.4) is 0 Å². The molecule has 0 saturated carbocycles. The third-order valence-electron chi connectivity index (χ3n) is 4.10. The fourth-order valence-electron chi connectivity index (χ4n) is 2.90. The number of carboxylic acid groups (broad SMARTS) is 1. The van der Waals surface area contributed by atoms with Crippen molar-refractivity contribution >= 4 is 16.0 Å². The minimum Gasteiger partial charge on any atom is -0.481 e. The van der Waals surface area contributed by atoms with Gasteiger partial charge in [0, 0.05) is 31.4 Å². The van der Waals surface area contributed by atoms with Crippen molar-refractivity contribution in [3.8, 4) is 0 Å².